The number of amides is 1. The van der Waals surface area contributed by atoms with E-state index in [2.05, 4.69) is 5.32 Å². The highest BCUT2D eigenvalue weighted by Crippen LogP contribution is 2.26. The second kappa shape index (κ2) is 6.03. The fraction of sp³-hybridized carbons (Fsp3) is 0. The van der Waals surface area contributed by atoms with Gasteiger partial charge in [-0.2, -0.15) is 0 Å². The quantitative estimate of drug-likeness (QED) is 0.753. The van der Waals surface area contributed by atoms with Gasteiger partial charge < -0.3 is 16.2 Å². The van der Waals surface area contributed by atoms with Crippen LogP contribution in [0.5, 0.6) is 0 Å². The summed E-state index contributed by atoms with van der Waals surface area (Å²) in [5, 5.41) is 12.2. The SMILES string of the molecule is Nc1cc(C(=O)Nc2cc(Cl)ccc2Cl)ccc1C(=O)O. The number of hydrogen-bond acceptors (Lipinski definition) is 3. The lowest BCUT2D eigenvalue weighted by Gasteiger charge is -2.09. The van der Waals surface area contributed by atoms with Crippen LogP contribution in [0.15, 0.2) is 36.4 Å². The molecule has 5 nitrogen and oxygen atoms in total. The van der Waals surface area contributed by atoms with E-state index in [1.165, 1.54) is 24.3 Å². The molecule has 0 aliphatic rings. The van der Waals surface area contributed by atoms with Gasteiger partial charge in [0.15, 0.2) is 0 Å². The van der Waals surface area contributed by atoms with Crippen LogP contribution >= 0.6 is 23.2 Å². The highest BCUT2D eigenvalue weighted by atomic mass is 35.5. The van der Waals surface area contributed by atoms with Gasteiger partial charge in [0.25, 0.3) is 5.91 Å². The molecule has 0 heterocycles. The van der Waals surface area contributed by atoms with Crippen LogP contribution in [0.1, 0.15) is 20.7 Å². The number of rotatable bonds is 3. The molecule has 0 fully saturated rings. The summed E-state index contributed by atoms with van der Waals surface area (Å²) >= 11 is 11.8. The third-order valence-electron chi connectivity index (χ3n) is 2.72. The first-order valence-electron chi connectivity index (χ1n) is 5.77. The van der Waals surface area contributed by atoms with Gasteiger partial charge in [0.2, 0.25) is 0 Å². The molecule has 2 aromatic carbocycles. The molecule has 0 radical (unpaired) electrons. The summed E-state index contributed by atoms with van der Waals surface area (Å²) in [6.07, 6.45) is 0. The normalized spacial score (nSPS) is 10.2. The molecule has 0 saturated carbocycles. The maximum Gasteiger partial charge on any atom is 0.337 e. The van der Waals surface area contributed by atoms with Gasteiger partial charge >= 0.3 is 5.97 Å². The van der Waals surface area contributed by atoms with Crippen molar-refractivity contribution >= 4 is 46.5 Å². The van der Waals surface area contributed by atoms with E-state index >= 15 is 0 Å². The predicted molar refractivity (Wildman–Crippen MR) is 82.2 cm³/mol. The molecular weight excluding hydrogens is 315 g/mol. The maximum atomic E-state index is 12.1. The second-order valence-corrected chi connectivity index (χ2v) is 5.03. The first kappa shape index (κ1) is 15.2. The highest BCUT2D eigenvalue weighted by Gasteiger charge is 2.13. The maximum absolute atomic E-state index is 12.1. The van der Waals surface area contributed by atoms with Crippen molar-refractivity contribution in [1.29, 1.82) is 0 Å². The first-order valence-corrected chi connectivity index (χ1v) is 6.53. The molecule has 108 valence electrons. The Morgan fingerprint density at radius 2 is 1.81 bits per heavy atom. The van der Waals surface area contributed by atoms with Gasteiger partial charge in [0.1, 0.15) is 0 Å². The predicted octanol–water partition coefficient (Wildman–Crippen LogP) is 3.53. The third kappa shape index (κ3) is 3.45. The summed E-state index contributed by atoms with van der Waals surface area (Å²) < 4.78 is 0. The number of aromatic carboxylic acids is 1. The molecule has 1 amide bonds. The van der Waals surface area contributed by atoms with Gasteiger partial charge in [-0.15, -0.1) is 0 Å². The lowest BCUT2D eigenvalue weighted by Crippen LogP contribution is -2.13. The van der Waals surface area contributed by atoms with Crippen molar-refractivity contribution in [3.05, 3.63) is 57.6 Å². The zero-order valence-electron chi connectivity index (χ0n) is 10.6. The Kier molecular flexibility index (Phi) is 4.35. The molecule has 21 heavy (non-hydrogen) atoms. The van der Waals surface area contributed by atoms with E-state index in [0.29, 0.717) is 15.7 Å². The van der Waals surface area contributed by atoms with Crippen LogP contribution in [0, 0.1) is 0 Å². The average molecular weight is 325 g/mol. The van der Waals surface area contributed by atoms with Gasteiger partial charge in [0.05, 0.1) is 16.3 Å². The van der Waals surface area contributed by atoms with Crippen LogP contribution in [0.3, 0.4) is 0 Å². The zero-order valence-corrected chi connectivity index (χ0v) is 12.1. The molecule has 0 aliphatic carbocycles. The fourth-order valence-corrected chi connectivity index (χ4v) is 2.02. The lowest BCUT2D eigenvalue weighted by atomic mass is 10.1. The van der Waals surface area contributed by atoms with Gasteiger partial charge in [-0.05, 0) is 36.4 Å². The minimum absolute atomic E-state index is 0.00680. The molecule has 2 aromatic rings. The monoisotopic (exact) mass is 324 g/mol. The number of benzene rings is 2. The van der Waals surface area contributed by atoms with E-state index in [0.717, 1.165) is 0 Å². The molecule has 0 bridgehead atoms. The van der Waals surface area contributed by atoms with Crippen molar-refractivity contribution in [2.45, 2.75) is 0 Å². The Morgan fingerprint density at radius 3 is 2.43 bits per heavy atom. The molecule has 7 heteroatoms. The number of hydrogen-bond donors (Lipinski definition) is 3. The third-order valence-corrected chi connectivity index (χ3v) is 3.29. The van der Waals surface area contributed by atoms with Gasteiger partial charge in [-0.25, -0.2) is 4.79 Å². The van der Waals surface area contributed by atoms with Crippen LogP contribution in [0.2, 0.25) is 10.0 Å². The summed E-state index contributed by atoms with van der Waals surface area (Å²) in [5.41, 5.74) is 6.12. The topological polar surface area (TPSA) is 92.4 Å². The minimum atomic E-state index is -1.16. The summed E-state index contributed by atoms with van der Waals surface area (Å²) in [5.74, 6) is -1.62. The van der Waals surface area contributed by atoms with Gasteiger partial charge in [0, 0.05) is 16.3 Å². The Morgan fingerprint density at radius 1 is 1.10 bits per heavy atom. The number of halogens is 2. The largest absolute Gasteiger partial charge is 0.478 e. The van der Waals surface area contributed by atoms with E-state index in [-0.39, 0.29) is 16.8 Å². The zero-order chi connectivity index (χ0) is 15.6. The van der Waals surface area contributed by atoms with E-state index < -0.39 is 11.9 Å². The van der Waals surface area contributed by atoms with E-state index in [4.69, 9.17) is 34.0 Å². The molecule has 4 N–H and O–H groups in total. The molecule has 0 aromatic heterocycles. The molecule has 0 spiro atoms. The van der Waals surface area contributed by atoms with E-state index in [9.17, 15) is 9.59 Å². The molecule has 2 rings (SSSR count). The minimum Gasteiger partial charge on any atom is -0.478 e. The number of carbonyl (C=O) groups excluding carboxylic acids is 1. The number of nitrogens with two attached hydrogens (primary N) is 1. The van der Waals surface area contributed by atoms with Crippen LogP contribution in [-0.4, -0.2) is 17.0 Å². The van der Waals surface area contributed by atoms with Crippen molar-refractivity contribution < 1.29 is 14.7 Å². The number of carbonyl (C=O) groups is 2. The van der Waals surface area contributed by atoms with Crippen molar-refractivity contribution in [2.75, 3.05) is 11.1 Å². The summed E-state index contributed by atoms with van der Waals surface area (Å²) in [6.45, 7) is 0. The smallest absolute Gasteiger partial charge is 0.337 e. The van der Waals surface area contributed by atoms with Gasteiger partial charge in [-0.1, -0.05) is 23.2 Å². The van der Waals surface area contributed by atoms with Crippen LogP contribution in [0.4, 0.5) is 11.4 Å². The summed E-state index contributed by atoms with van der Waals surface area (Å²) in [7, 11) is 0. The number of carboxylic acids is 1. The van der Waals surface area contributed by atoms with Crippen LogP contribution in [0.25, 0.3) is 0 Å². The standard InChI is InChI=1S/C14H10Cl2N2O3/c15-8-2-4-10(16)12(6-8)18-13(19)7-1-3-9(14(20)21)11(17)5-7/h1-6H,17H2,(H,18,19)(H,20,21). The number of nitrogen functional groups attached to an aromatic ring is 1. The molecule has 0 atom stereocenters. The lowest BCUT2D eigenvalue weighted by molar-refractivity contribution is 0.0697. The number of anilines is 2. The Balaban J connectivity index is 2.26. The van der Waals surface area contributed by atoms with Crippen molar-refractivity contribution in [1.82, 2.24) is 0 Å². The molecule has 0 saturated heterocycles. The molecular formula is C14H10Cl2N2O3. The van der Waals surface area contributed by atoms with Gasteiger partial charge in [-0.3, -0.25) is 4.79 Å². The van der Waals surface area contributed by atoms with E-state index in [1.54, 1.807) is 12.1 Å². The van der Waals surface area contributed by atoms with Crippen LogP contribution in [-0.2, 0) is 0 Å². The Hall–Kier alpha value is -2.24. The summed E-state index contributed by atoms with van der Waals surface area (Å²) in [6, 6.07) is 8.59. The fourth-order valence-electron chi connectivity index (χ4n) is 1.69. The Labute approximate surface area is 130 Å². The van der Waals surface area contributed by atoms with Crippen molar-refractivity contribution in [3.63, 3.8) is 0 Å². The average Bonchev–Trinajstić information content (AvgIpc) is 2.42. The van der Waals surface area contributed by atoms with Crippen LogP contribution < -0.4 is 11.1 Å². The van der Waals surface area contributed by atoms with Crippen molar-refractivity contribution in [3.8, 4) is 0 Å². The second-order valence-electron chi connectivity index (χ2n) is 4.19. The molecule has 0 unspecified atom stereocenters. The molecule has 0 aliphatic heterocycles. The highest BCUT2D eigenvalue weighted by molar-refractivity contribution is 6.35. The van der Waals surface area contributed by atoms with E-state index in [1.807, 2.05) is 0 Å². The summed E-state index contributed by atoms with van der Waals surface area (Å²) in [4.78, 5) is 23.0. The number of carboxylic acid groups (broad SMARTS) is 1. The number of nitrogens with one attached hydrogen (secondary N) is 1. The van der Waals surface area contributed by atoms with Crippen molar-refractivity contribution in [2.24, 2.45) is 0 Å². The Bertz CT molecular complexity index is 732. The first-order chi connectivity index (χ1) is 9.88.